The largest absolute Gasteiger partial charge is 0.436 e. The summed E-state index contributed by atoms with van der Waals surface area (Å²) in [5.41, 5.74) is 5.18. The molecule has 6 heteroatoms. The molecule has 78 valence electrons. The summed E-state index contributed by atoms with van der Waals surface area (Å²) in [6.07, 6.45) is 2.50. The second-order valence-corrected chi connectivity index (χ2v) is 2.35. The number of carbonyl (C=O) groups is 1. The monoisotopic (exact) mass is 209 g/mol. The quantitative estimate of drug-likeness (QED) is 0.341. The number of hydrogen-bond acceptors (Lipinski definition) is 4. The van der Waals surface area contributed by atoms with Crippen LogP contribution in [-0.4, -0.2) is 17.6 Å². The second kappa shape index (κ2) is 5.48. The lowest BCUT2D eigenvalue weighted by Crippen LogP contribution is -2.02. The van der Waals surface area contributed by atoms with Crippen molar-refractivity contribution in [3.05, 3.63) is 36.1 Å². The van der Waals surface area contributed by atoms with Crippen molar-refractivity contribution in [2.75, 3.05) is 0 Å². The molecule has 2 N–H and O–H groups in total. The fourth-order valence-electron chi connectivity index (χ4n) is 0.775. The number of aromatic nitrogens is 1. The van der Waals surface area contributed by atoms with E-state index in [1.165, 1.54) is 18.2 Å². The first-order chi connectivity index (χ1) is 7.26. The SMILES string of the molecule is N/C=C(\C=NC=O)Oc1cccc(F)n1. The number of hydrogen-bond donors (Lipinski definition) is 1. The van der Waals surface area contributed by atoms with E-state index in [2.05, 4.69) is 9.98 Å². The standard InChI is InChI=1S/C9H8FN3O2/c10-8-2-1-3-9(13-8)15-7(4-11)5-12-6-14/h1-6H,11H2/b7-4+,12-5?. The molecule has 0 fully saturated rings. The van der Waals surface area contributed by atoms with Gasteiger partial charge in [-0.05, 0) is 6.07 Å². The highest BCUT2D eigenvalue weighted by Gasteiger charge is 2.00. The fraction of sp³-hybridized carbons (Fsp3) is 0. The summed E-state index contributed by atoms with van der Waals surface area (Å²) in [5, 5.41) is 0. The Morgan fingerprint density at radius 1 is 1.60 bits per heavy atom. The molecule has 0 bridgehead atoms. The van der Waals surface area contributed by atoms with Gasteiger partial charge in [0, 0.05) is 12.3 Å². The topological polar surface area (TPSA) is 77.6 Å². The van der Waals surface area contributed by atoms with Crippen LogP contribution in [0.15, 0.2) is 35.2 Å². The van der Waals surface area contributed by atoms with Gasteiger partial charge in [0.05, 0.1) is 6.21 Å². The van der Waals surface area contributed by atoms with Crippen LogP contribution in [0.4, 0.5) is 4.39 Å². The highest BCUT2D eigenvalue weighted by molar-refractivity contribution is 5.82. The van der Waals surface area contributed by atoms with Crippen molar-refractivity contribution in [3.63, 3.8) is 0 Å². The lowest BCUT2D eigenvalue weighted by atomic mass is 10.5. The molecule has 0 radical (unpaired) electrons. The minimum Gasteiger partial charge on any atom is -0.436 e. The molecule has 15 heavy (non-hydrogen) atoms. The molecule has 0 unspecified atom stereocenters. The number of nitrogens with two attached hydrogens (primary N) is 1. The van der Waals surface area contributed by atoms with Gasteiger partial charge in [-0.3, -0.25) is 4.79 Å². The molecule has 1 rings (SSSR count). The number of pyridine rings is 1. The van der Waals surface area contributed by atoms with Crippen LogP contribution in [0.1, 0.15) is 0 Å². The highest BCUT2D eigenvalue weighted by Crippen LogP contribution is 2.09. The molecule has 1 aromatic rings. The van der Waals surface area contributed by atoms with Gasteiger partial charge in [0.2, 0.25) is 18.2 Å². The maximum atomic E-state index is 12.6. The average molecular weight is 209 g/mol. The molecule has 0 saturated heterocycles. The summed E-state index contributed by atoms with van der Waals surface area (Å²) in [6.45, 7) is 0. The summed E-state index contributed by atoms with van der Waals surface area (Å²) in [4.78, 5) is 16.6. The molecule has 1 aromatic heterocycles. The Bertz CT molecular complexity index is 404. The van der Waals surface area contributed by atoms with Gasteiger partial charge in [0.25, 0.3) is 0 Å². The Morgan fingerprint density at radius 3 is 3.00 bits per heavy atom. The first-order valence-electron chi connectivity index (χ1n) is 3.95. The molecule has 0 spiro atoms. The van der Waals surface area contributed by atoms with Crippen LogP contribution in [-0.2, 0) is 4.79 Å². The zero-order valence-corrected chi connectivity index (χ0v) is 7.63. The van der Waals surface area contributed by atoms with Gasteiger partial charge in [0.15, 0.2) is 5.76 Å². The van der Waals surface area contributed by atoms with Crippen LogP contribution in [0.2, 0.25) is 0 Å². The number of halogens is 1. The van der Waals surface area contributed by atoms with Gasteiger partial charge in [-0.1, -0.05) is 6.07 Å². The van der Waals surface area contributed by atoms with E-state index < -0.39 is 5.95 Å². The van der Waals surface area contributed by atoms with Crippen LogP contribution in [0.25, 0.3) is 0 Å². The molecule has 5 nitrogen and oxygen atoms in total. The average Bonchev–Trinajstić information content (AvgIpc) is 2.24. The van der Waals surface area contributed by atoms with E-state index in [0.717, 1.165) is 12.4 Å². The summed E-state index contributed by atoms with van der Waals surface area (Å²) in [7, 11) is 0. The van der Waals surface area contributed by atoms with Crippen molar-refractivity contribution in [3.8, 4) is 5.88 Å². The lowest BCUT2D eigenvalue weighted by molar-refractivity contribution is -0.106. The number of carbonyl (C=O) groups excluding carboxylic acids is 1. The molecule has 0 aromatic carbocycles. The lowest BCUT2D eigenvalue weighted by Gasteiger charge is -2.02. The Labute approximate surface area is 85.1 Å². The van der Waals surface area contributed by atoms with Crippen molar-refractivity contribution < 1.29 is 13.9 Å². The van der Waals surface area contributed by atoms with Crippen LogP contribution in [0.5, 0.6) is 5.88 Å². The first-order valence-corrected chi connectivity index (χ1v) is 3.95. The van der Waals surface area contributed by atoms with Crippen LogP contribution < -0.4 is 10.5 Å². The molecule has 0 saturated carbocycles. The third kappa shape index (κ3) is 3.55. The van der Waals surface area contributed by atoms with Gasteiger partial charge in [-0.25, -0.2) is 4.99 Å². The van der Waals surface area contributed by atoms with Gasteiger partial charge in [-0.2, -0.15) is 9.37 Å². The Hall–Kier alpha value is -2.24. The fourth-order valence-corrected chi connectivity index (χ4v) is 0.775. The summed E-state index contributed by atoms with van der Waals surface area (Å²) < 4.78 is 17.7. The van der Waals surface area contributed by atoms with Crippen molar-refractivity contribution in [1.82, 2.24) is 4.98 Å². The summed E-state index contributed by atoms with van der Waals surface area (Å²) >= 11 is 0. The number of allylic oxidation sites excluding steroid dienone is 1. The maximum Gasteiger partial charge on any atom is 0.232 e. The van der Waals surface area contributed by atoms with Crippen molar-refractivity contribution in [2.24, 2.45) is 10.7 Å². The van der Waals surface area contributed by atoms with E-state index in [4.69, 9.17) is 10.5 Å². The van der Waals surface area contributed by atoms with Gasteiger partial charge in [0.1, 0.15) is 0 Å². The maximum absolute atomic E-state index is 12.6. The first kappa shape index (κ1) is 10.8. The number of nitrogens with zero attached hydrogens (tertiary/aromatic N) is 2. The van der Waals surface area contributed by atoms with Crippen LogP contribution in [0, 0.1) is 5.95 Å². The van der Waals surface area contributed by atoms with E-state index in [1.807, 2.05) is 0 Å². The third-order valence-corrected chi connectivity index (χ3v) is 1.34. The Kier molecular flexibility index (Phi) is 3.96. The minimum atomic E-state index is -0.670. The molecular weight excluding hydrogens is 201 g/mol. The number of ether oxygens (including phenoxy) is 1. The number of amides is 1. The van der Waals surface area contributed by atoms with E-state index >= 15 is 0 Å². The highest BCUT2D eigenvalue weighted by atomic mass is 19.1. The molecule has 1 heterocycles. The Morgan fingerprint density at radius 2 is 2.40 bits per heavy atom. The molecule has 1 amide bonds. The van der Waals surface area contributed by atoms with Gasteiger partial charge < -0.3 is 10.5 Å². The van der Waals surface area contributed by atoms with E-state index in [0.29, 0.717) is 6.41 Å². The van der Waals surface area contributed by atoms with E-state index in [-0.39, 0.29) is 11.6 Å². The number of aliphatic imine (C=N–C) groups is 1. The van der Waals surface area contributed by atoms with Crippen molar-refractivity contribution in [1.29, 1.82) is 0 Å². The molecular formula is C9H8FN3O2. The van der Waals surface area contributed by atoms with E-state index in [1.54, 1.807) is 0 Å². The smallest absolute Gasteiger partial charge is 0.232 e. The van der Waals surface area contributed by atoms with Gasteiger partial charge >= 0.3 is 0 Å². The second-order valence-electron chi connectivity index (χ2n) is 2.35. The van der Waals surface area contributed by atoms with Crippen molar-refractivity contribution >= 4 is 12.6 Å². The Balaban J connectivity index is 2.76. The van der Waals surface area contributed by atoms with Crippen LogP contribution >= 0.6 is 0 Å². The third-order valence-electron chi connectivity index (χ3n) is 1.34. The molecule has 0 aliphatic rings. The van der Waals surface area contributed by atoms with E-state index in [9.17, 15) is 9.18 Å². The van der Waals surface area contributed by atoms with Crippen LogP contribution in [0.3, 0.4) is 0 Å². The minimum absolute atomic E-state index is 0.0315. The zero-order chi connectivity index (χ0) is 11.1. The zero-order valence-electron chi connectivity index (χ0n) is 7.63. The van der Waals surface area contributed by atoms with Gasteiger partial charge in [-0.15, -0.1) is 0 Å². The predicted octanol–water partition coefficient (Wildman–Crippen LogP) is 0.627. The predicted molar refractivity (Wildman–Crippen MR) is 51.6 cm³/mol. The summed E-state index contributed by atoms with van der Waals surface area (Å²) in [5.74, 6) is -0.541. The molecule has 0 aliphatic carbocycles. The molecule has 0 atom stereocenters. The van der Waals surface area contributed by atoms with Crippen molar-refractivity contribution in [2.45, 2.75) is 0 Å². The number of rotatable bonds is 4. The summed E-state index contributed by atoms with van der Waals surface area (Å²) in [6, 6.07) is 4.06. The molecule has 0 aliphatic heterocycles. The normalized spacial score (nSPS) is 11.7.